The molecule has 2 bridgehead atoms. The number of nitriles is 1. The molecular weight excluding hydrogens is 328 g/mol. The van der Waals surface area contributed by atoms with E-state index in [-0.39, 0.29) is 24.0 Å². The van der Waals surface area contributed by atoms with Crippen molar-refractivity contribution in [2.45, 2.75) is 38.4 Å². The number of carbonyl (C=O) groups is 1. The van der Waals surface area contributed by atoms with Crippen LogP contribution in [-0.2, 0) is 9.53 Å². The van der Waals surface area contributed by atoms with Crippen LogP contribution in [0, 0.1) is 24.2 Å². The van der Waals surface area contributed by atoms with Crippen LogP contribution in [0.1, 0.15) is 30.4 Å². The number of fused-ring (bicyclic) bond motifs is 2. The van der Waals surface area contributed by atoms with Crippen molar-refractivity contribution in [1.29, 1.82) is 5.26 Å². The number of ether oxygens (including phenoxy) is 2. The van der Waals surface area contributed by atoms with Crippen LogP contribution in [0.25, 0.3) is 0 Å². The molecule has 4 rings (SSSR count). The Morgan fingerprint density at radius 2 is 1.96 bits per heavy atom. The smallest absolute Gasteiger partial charge is 0.230 e. The molecule has 132 valence electrons. The zero-order chi connectivity index (χ0) is 18.1. The fourth-order valence-electron chi connectivity index (χ4n) is 3.71. The van der Waals surface area contributed by atoms with E-state index in [4.69, 9.17) is 14.7 Å². The van der Waals surface area contributed by atoms with Gasteiger partial charge in [-0.05, 0) is 74.2 Å². The van der Waals surface area contributed by atoms with Crippen LogP contribution in [0.5, 0.6) is 11.5 Å². The third-order valence-electron chi connectivity index (χ3n) is 5.12. The van der Waals surface area contributed by atoms with Gasteiger partial charge < -0.3 is 14.8 Å². The van der Waals surface area contributed by atoms with Crippen molar-refractivity contribution >= 4 is 11.6 Å². The van der Waals surface area contributed by atoms with Crippen LogP contribution in [0.4, 0.5) is 5.69 Å². The molecule has 0 aliphatic carbocycles. The number of nitrogens with zero attached hydrogens (tertiary/aromatic N) is 1. The number of amides is 1. The monoisotopic (exact) mass is 348 g/mol. The SMILES string of the molecule is Cc1cc(Oc2ccc(C#N)cc2)ccc1NC(=O)C1CC2CCC1O2. The second kappa shape index (κ2) is 6.81. The molecule has 0 radical (unpaired) electrons. The number of nitrogens with one attached hydrogen (secondary N) is 1. The molecule has 1 amide bonds. The highest BCUT2D eigenvalue weighted by Crippen LogP contribution is 2.39. The van der Waals surface area contributed by atoms with Gasteiger partial charge in [0.15, 0.2) is 0 Å². The van der Waals surface area contributed by atoms with E-state index in [1.807, 2.05) is 25.1 Å². The largest absolute Gasteiger partial charge is 0.457 e. The lowest BCUT2D eigenvalue weighted by Gasteiger charge is -2.19. The van der Waals surface area contributed by atoms with Gasteiger partial charge in [-0.15, -0.1) is 0 Å². The van der Waals surface area contributed by atoms with Crippen molar-refractivity contribution < 1.29 is 14.3 Å². The molecule has 0 aromatic heterocycles. The van der Waals surface area contributed by atoms with E-state index in [1.165, 1.54) is 0 Å². The molecule has 0 spiro atoms. The minimum absolute atomic E-state index is 0.0391. The summed E-state index contributed by atoms with van der Waals surface area (Å²) in [5, 5.41) is 11.9. The van der Waals surface area contributed by atoms with Crippen LogP contribution in [-0.4, -0.2) is 18.1 Å². The Bertz CT molecular complexity index is 870. The third kappa shape index (κ3) is 3.29. The number of hydrogen-bond acceptors (Lipinski definition) is 4. The van der Waals surface area contributed by atoms with Gasteiger partial charge >= 0.3 is 0 Å². The Labute approximate surface area is 152 Å². The first kappa shape index (κ1) is 16.6. The summed E-state index contributed by atoms with van der Waals surface area (Å²) < 4.78 is 11.6. The zero-order valence-electron chi connectivity index (χ0n) is 14.6. The molecule has 2 aliphatic heterocycles. The molecule has 5 heteroatoms. The lowest BCUT2D eigenvalue weighted by Crippen LogP contribution is -2.30. The molecule has 3 unspecified atom stereocenters. The number of aryl methyl sites for hydroxylation is 1. The normalized spacial score (nSPS) is 23.5. The van der Waals surface area contributed by atoms with Crippen LogP contribution in [0.15, 0.2) is 42.5 Å². The molecule has 2 aliphatic rings. The maximum absolute atomic E-state index is 12.5. The summed E-state index contributed by atoms with van der Waals surface area (Å²) in [6.07, 6.45) is 3.24. The predicted octanol–water partition coefficient (Wildman–Crippen LogP) is 4.17. The number of anilines is 1. The van der Waals surface area contributed by atoms with Crippen molar-refractivity contribution in [3.8, 4) is 17.6 Å². The van der Waals surface area contributed by atoms with Crippen molar-refractivity contribution in [3.05, 3.63) is 53.6 Å². The second-order valence-corrected chi connectivity index (χ2v) is 6.92. The highest BCUT2D eigenvalue weighted by molar-refractivity contribution is 5.94. The topological polar surface area (TPSA) is 71.3 Å². The van der Waals surface area contributed by atoms with Gasteiger partial charge in [0, 0.05) is 5.69 Å². The lowest BCUT2D eigenvalue weighted by atomic mass is 9.88. The molecule has 5 nitrogen and oxygen atoms in total. The quantitative estimate of drug-likeness (QED) is 0.900. The van der Waals surface area contributed by atoms with Gasteiger partial charge in [-0.2, -0.15) is 5.26 Å². The Morgan fingerprint density at radius 3 is 2.58 bits per heavy atom. The summed E-state index contributed by atoms with van der Waals surface area (Å²) in [6.45, 7) is 1.94. The number of rotatable bonds is 4. The highest BCUT2D eigenvalue weighted by atomic mass is 16.5. The molecule has 2 aromatic rings. The van der Waals surface area contributed by atoms with Crippen molar-refractivity contribution in [2.24, 2.45) is 5.92 Å². The molecule has 2 heterocycles. The first-order valence-corrected chi connectivity index (χ1v) is 8.87. The number of carbonyl (C=O) groups excluding carboxylic acids is 1. The van der Waals surface area contributed by atoms with Crippen molar-refractivity contribution in [2.75, 3.05) is 5.32 Å². The Kier molecular flexibility index (Phi) is 4.36. The predicted molar refractivity (Wildman–Crippen MR) is 97.0 cm³/mol. The molecule has 0 saturated carbocycles. The van der Waals surface area contributed by atoms with E-state index in [9.17, 15) is 4.79 Å². The Balaban J connectivity index is 1.42. The van der Waals surface area contributed by atoms with Crippen molar-refractivity contribution in [3.63, 3.8) is 0 Å². The third-order valence-corrected chi connectivity index (χ3v) is 5.12. The average Bonchev–Trinajstić information content (AvgIpc) is 3.28. The summed E-state index contributed by atoms with van der Waals surface area (Å²) in [5.41, 5.74) is 2.33. The standard InChI is InChI=1S/C21H20N2O3/c1-13-10-16(25-15-4-2-14(12-22)3-5-15)6-8-19(13)23-21(24)18-11-17-7-9-20(18)26-17/h2-6,8,10,17-18,20H,7,9,11H2,1H3,(H,23,24). The van der Waals surface area contributed by atoms with E-state index in [0.717, 1.165) is 30.5 Å². The molecule has 2 saturated heterocycles. The van der Waals surface area contributed by atoms with Gasteiger partial charge in [-0.25, -0.2) is 0 Å². The van der Waals surface area contributed by atoms with Crippen LogP contribution < -0.4 is 10.1 Å². The number of benzene rings is 2. The Morgan fingerprint density at radius 1 is 1.19 bits per heavy atom. The molecular formula is C21H20N2O3. The lowest BCUT2D eigenvalue weighted by molar-refractivity contribution is -0.121. The van der Waals surface area contributed by atoms with Gasteiger partial charge in [0.1, 0.15) is 11.5 Å². The minimum Gasteiger partial charge on any atom is -0.457 e. The van der Waals surface area contributed by atoms with E-state index in [0.29, 0.717) is 17.1 Å². The number of hydrogen-bond donors (Lipinski definition) is 1. The van der Waals surface area contributed by atoms with Gasteiger partial charge in [0.2, 0.25) is 5.91 Å². The fraction of sp³-hybridized carbons (Fsp3) is 0.333. The zero-order valence-corrected chi connectivity index (χ0v) is 14.6. The van der Waals surface area contributed by atoms with Crippen LogP contribution >= 0.6 is 0 Å². The summed E-state index contributed by atoms with van der Waals surface area (Å²) in [6, 6.07) is 14.6. The van der Waals surface area contributed by atoms with Crippen LogP contribution in [0.3, 0.4) is 0 Å². The summed E-state index contributed by atoms with van der Waals surface area (Å²) in [5.74, 6) is 1.36. The molecule has 2 aromatic carbocycles. The van der Waals surface area contributed by atoms with Gasteiger partial charge in [0.25, 0.3) is 0 Å². The first-order valence-electron chi connectivity index (χ1n) is 8.87. The summed E-state index contributed by atoms with van der Waals surface area (Å²) >= 11 is 0. The molecule has 3 atom stereocenters. The van der Waals surface area contributed by atoms with Crippen molar-refractivity contribution in [1.82, 2.24) is 0 Å². The summed E-state index contributed by atoms with van der Waals surface area (Å²) in [4.78, 5) is 12.5. The molecule has 26 heavy (non-hydrogen) atoms. The molecule has 1 N–H and O–H groups in total. The van der Waals surface area contributed by atoms with E-state index >= 15 is 0 Å². The van der Waals surface area contributed by atoms with Gasteiger partial charge in [0.05, 0.1) is 29.8 Å². The van der Waals surface area contributed by atoms with E-state index in [1.54, 1.807) is 24.3 Å². The summed E-state index contributed by atoms with van der Waals surface area (Å²) in [7, 11) is 0. The minimum atomic E-state index is -0.0391. The van der Waals surface area contributed by atoms with Gasteiger partial charge in [-0.3, -0.25) is 4.79 Å². The maximum atomic E-state index is 12.5. The maximum Gasteiger partial charge on any atom is 0.230 e. The van der Waals surface area contributed by atoms with E-state index in [2.05, 4.69) is 11.4 Å². The average molecular weight is 348 g/mol. The fourth-order valence-corrected chi connectivity index (χ4v) is 3.71. The second-order valence-electron chi connectivity index (χ2n) is 6.92. The van der Waals surface area contributed by atoms with Crippen LogP contribution in [0.2, 0.25) is 0 Å². The highest BCUT2D eigenvalue weighted by Gasteiger charge is 2.44. The van der Waals surface area contributed by atoms with Gasteiger partial charge in [-0.1, -0.05) is 0 Å². The van der Waals surface area contributed by atoms with E-state index < -0.39 is 0 Å². The Hall–Kier alpha value is -2.84. The first-order chi connectivity index (χ1) is 12.6. The molecule has 2 fully saturated rings.